The van der Waals surface area contributed by atoms with E-state index >= 15 is 0 Å². The third kappa shape index (κ3) is 3.54. The number of piperidine rings is 2. The Balaban J connectivity index is 1.31. The molecule has 3 saturated heterocycles. The van der Waals surface area contributed by atoms with Crippen LogP contribution in [0.3, 0.4) is 0 Å². The number of nitrogens with two attached hydrogens (primary N) is 1. The van der Waals surface area contributed by atoms with Crippen molar-refractivity contribution in [1.29, 1.82) is 0 Å². The van der Waals surface area contributed by atoms with Gasteiger partial charge in [0.15, 0.2) is 0 Å². The SMILES string of the molecule is NCC1CC2(CCN(Cc3cccc4c3C(=O)N(C3CCC(=O)NC3=O)C4=O)CC2)CO1. The van der Waals surface area contributed by atoms with Gasteiger partial charge in [-0.25, -0.2) is 0 Å². The van der Waals surface area contributed by atoms with Crippen molar-refractivity contribution < 1.29 is 23.9 Å². The van der Waals surface area contributed by atoms with Gasteiger partial charge < -0.3 is 10.5 Å². The first-order valence-electron chi connectivity index (χ1n) is 11.3. The number of amides is 4. The molecule has 9 heteroatoms. The summed E-state index contributed by atoms with van der Waals surface area (Å²) in [5, 5.41) is 2.24. The molecule has 4 aliphatic rings. The Labute approximate surface area is 186 Å². The molecule has 2 unspecified atom stereocenters. The summed E-state index contributed by atoms with van der Waals surface area (Å²) >= 11 is 0. The fourth-order valence-corrected chi connectivity index (χ4v) is 5.54. The lowest BCUT2D eigenvalue weighted by atomic mass is 9.76. The predicted octanol–water partition coefficient (Wildman–Crippen LogP) is 0.418. The highest BCUT2D eigenvalue weighted by molar-refractivity contribution is 6.24. The summed E-state index contributed by atoms with van der Waals surface area (Å²) in [6, 6.07) is 4.36. The summed E-state index contributed by atoms with van der Waals surface area (Å²) in [6.07, 6.45) is 3.47. The van der Waals surface area contributed by atoms with Gasteiger partial charge in [-0.1, -0.05) is 12.1 Å². The molecule has 9 nitrogen and oxygen atoms in total. The van der Waals surface area contributed by atoms with Gasteiger partial charge in [-0.05, 0) is 55.8 Å². The van der Waals surface area contributed by atoms with Crippen molar-refractivity contribution >= 4 is 23.6 Å². The van der Waals surface area contributed by atoms with Crippen LogP contribution in [0.1, 0.15) is 58.4 Å². The molecule has 0 bridgehead atoms. The van der Waals surface area contributed by atoms with E-state index in [0.29, 0.717) is 24.2 Å². The van der Waals surface area contributed by atoms with Gasteiger partial charge in [0.2, 0.25) is 11.8 Å². The monoisotopic (exact) mass is 440 g/mol. The molecule has 0 radical (unpaired) electrons. The molecule has 1 aromatic carbocycles. The zero-order valence-corrected chi connectivity index (χ0v) is 18.0. The molecular formula is C23H28N4O5. The number of nitrogens with zero attached hydrogens (tertiary/aromatic N) is 2. The zero-order valence-electron chi connectivity index (χ0n) is 18.0. The van der Waals surface area contributed by atoms with Gasteiger partial charge in [-0.15, -0.1) is 0 Å². The molecule has 5 rings (SSSR count). The third-order valence-corrected chi connectivity index (χ3v) is 7.41. The first-order valence-corrected chi connectivity index (χ1v) is 11.3. The summed E-state index contributed by atoms with van der Waals surface area (Å²) in [5.41, 5.74) is 7.49. The molecule has 0 aromatic heterocycles. The molecule has 2 atom stereocenters. The molecule has 0 aliphatic carbocycles. The molecule has 3 fully saturated rings. The summed E-state index contributed by atoms with van der Waals surface area (Å²) in [7, 11) is 0. The standard InChI is InChI=1S/C23H28N4O5/c24-11-15-10-23(13-32-15)6-8-26(9-7-23)12-14-2-1-3-16-19(14)22(31)27(21(16)30)17-4-5-18(28)25-20(17)29/h1-3,15,17H,4-13,24H2,(H,25,28,29). The van der Waals surface area contributed by atoms with Crippen LogP contribution in [0.5, 0.6) is 0 Å². The number of nitrogens with one attached hydrogen (secondary N) is 1. The number of benzene rings is 1. The van der Waals surface area contributed by atoms with Crippen LogP contribution in [0.15, 0.2) is 18.2 Å². The minimum atomic E-state index is -0.944. The van der Waals surface area contributed by atoms with Crippen molar-refractivity contribution in [3.8, 4) is 0 Å². The lowest BCUT2D eigenvalue weighted by Gasteiger charge is -2.38. The molecule has 4 amide bonds. The topological polar surface area (TPSA) is 122 Å². The van der Waals surface area contributed by atoms with Crippen LogP contribution in [-0.2, 0) is 20.9 Å². The van der Waals surface area contributed by atoms with E-state index in [1.54, 1.807) is 12.1 Å². The molecule has 32 heavy (non-hydrogen) atoms. The normalized spacial score (nSPS) is 27.8. The van der Waals surface area contributed by atoms with Gasteiger partial charge in [-0.3, -0.25) is 34.3 Å². The van der Waals surface area contributed by atoms with E-state index in [0.717, 1.165) is 49.4 Å². The third-order valence-electron chi connectivity index (χ3n) is 7.41. The highest BCUT2D eigenvalue weighted by atomic mass is 16.5. The molecule has 0 saturated carbocycles. The highest BCUT2D eigenvalue weighted by Gasteiger charge is 2.46. The van der Waals surface area contributed by atoms with Gasteiger partial charge in [0.05, 0.1) is 23.8 Å². The van der Waals surface area contributed by atoms with E-state index in [2.05, 4.69) is 10.2 Å². The Kier molecular flexibility index (Phi) is 5.35. The van der Waals surface area contributed by atoms with Crippen LogP contribution in [-0.4, -0.2) is 71.8 Å². The van der Waals surface area contributed by atoms with Crippen molar-refractivity contribution in [2.45, 2.75) is 50.8 Å². The number of hydrogen-bond acceptors (Lipinski definition) is 7. The van der Waals surface area contributed by atoms with Crippen molar-refractivity contribution in [1.82, 2.24) is 15.1 Å². The van der Waals surface area contributed by atoms with Gasteiger partial charge >= 0.3 is 0 Å². The Hall–Kier alpha value is -2.62. The molecular weight excluding hydrogens is 412 g/mol. The van der Waals surface area contributed by atoms with Gasteiger partial charge in [0.25, 0.3) is 11.8 Å². The minimum Gasteiger partial charge on any atom is -0.376 e. The second-order valence-electron chi connectivity index (χ2n) is 9.44. The van der Waals surface area contributed by atoms with Crippen molar-refractivity contribution in [3.63, 3.8) is 0 Å². The van der Waals surface area contributed by atoms with Gasteiger partial charge in [0, 0.05) is 19.5 Å². The van der Waals surface area contributed by atoms with E-state index in [1.165, 1.54) is 0 Å². The quantitative estimate of drug-likeness (QED) is 0.651. The second-order valence-corrected chi connectivity index (χ2v) is 9.44. The Morgan fingerprint density at radius 1 is 1.12 bits per heavy atom. The van der Waals surface area contributed by atoms with Crippen LogP contribution < -0.4 is 11.1 Å². The van der Waals surface area contributed by atoms with E-state index in [9.17, 15) is 19.2 Å². The number of hydrogen-bond donors (Lipinski definition) is 2. The number of imide groups is 2. The molecule has 4 heterocycles. The van der Waals surface area contributed by atoms with E-state index < -0.39 is 23.8 Å². The van der Waals surface area contributed by atoms with E-state index in [4.69, 9.17) is 10.5 Å². The van der Waals surface area contributed by atoms with Crippen molar-refractivity contribution in [2.24, 2.45) is 11.1 Å². The number of fused-ring (bicyclic) bond motifs is 1. The lowest BCUT2D eigenvalue weighted by molar-refractivity contribution is -0.136. The molecule has 1 spiro atoms. The number of carbonyl (C=O) groups is 4. The predicted molar refractivity (Wildman–Crippen MR) is 113 cm³/mol. The average molecular weight is 441 g/mol. The minimum absolute atomic E-state index is 0.112. The van der Waals surface area contributed by atoms with Gasteiger partial charge in [-0.2, -0.15) is 0 Å². The Morgan fingerprint density at radius 3 is 2.59 bits per heavy atom. The maximum absolute atomic E-state index is 13.3. The lowest BCUT2D eigenvalue weighted by Crippen LogP contribution is -2.54. The number of ether oxygens (including phenoxy) is 1. The van der Waals surface area contributed by atoms with E-state index in [1.807, 2.05) is 6.07 Å². The van der Waals surface area contributed by atoms with E-state index in [-0.39, 0.29) is 30.3 Å². The maximum atomic E-state index is 13.3. The average Bonchev–Trinajstić information content (AvgIpc) is 3.30. The summed E-state index contributed by atoms with van der Waals surface area (Å²) < 4.78 is 5.84. The van der Waals surface area contributed by atoms with Crippen LogP contribution >= 0.6 is 0 Å². The number of rotatable bonds is 4. The summed E-state index contributed by atoms with van der Waals surface area (Å²) in [6.45, 7) is 3.67. The number of likely N-dealkylation sites (tertiary alicyclic amines) is 1. The van der Waals surface area contributed by atoms with Crippen LogP contribution in [0, 0.1) is 5.41 Å². The first-order chi connectivity index (χ1) is 15.4. The Bertz CT molecular complexity index is 985. The largest absolute Gasteiger partial charge is 0.376 e. The zero-order chi connectivity index (χ0) is 22.5. The molecule has 1 aromatic rings. The molecule has 3 N–H and O–H groups in total. The second kappa shape index (κ2) is 8.06. The maximum Gasteiger partial charge on any atom is 0.262 e. The summed E-state index contributed by atoms with van der Waals surface area (Å²) in [5.74, 6) is -1.88. The number of carbonyl (C=O) groups excluding carboxylic acids is 4. The highest BCUT2D eigenvalue weighted by Crippen LogP contribution is 2.42. The van der Waals surface area contributed by atoms with Crippen LogP contribution in [0.2, 0.25) is 0 Å². The van der Waals surface area contributed by atoms with Crippen molar-refractivity contribution in [2.75, 3.05) is 26.2 Å². The molecule has 170 valence electrons. The first kappa shape index (κ1) is 21.2. The molecule has 4 aliphatic heterocycles. The Morgan fingerprint density at radius 2 is 1.91 bits per heavy atom. The van der Waals surface area contributed by atoms with Crippen LogP contribution in [0.25, 0.3) is 0 Å². The fraction of sp³-hybridized carbons (Fsp3) is 0.565. The van der Waals surface area contributed by atoms with Crippen molar-refractivity contribution in [3.05, 3.63) is 34.9 Å². The van der Waals surface area contributed by atoms with Crippen LogP contribution in [0.4, 0.5) is 0 Å². The smallest absolute Gasteiger partial charge is 0.262 e. The summed E-state index contributed by atoms with van der Waals surface area (Å²) in [4.78, 5) is 53.4. The fourth-order valence-electron chi connectivity index (χ4n) is 5.54. The van der Waals surface area contributed by atoms with Gasteiger partial charge in [0.1, 0.15) is 6.04 Å².